The van der Waals surface area contributed by atoms with Crippen molar-refractivity contribution < 1.29 is 9.53 Å². The first kappa shape index (κ1) is 22.4. The molecule has 0 bridgehead atoms. The summed E-state index contributed by atoms with van der Waals surface area (Å²) in [5.41, 5.74) is 1.80. The molecule has 0 saturated carbocycles. The predicted octanol–water partition coefficient (Wildman–Crippen LogP) is 4.04. The molecule has 0 heterocycles. The molecule has 1 N–H and O–H groups in total. The Morgan fingerprint density at radius 1 is 1.12 bits per heavy atom. The summed E-state index contributed by atoms with van der Waals surface area (Å²) in [7, 11) is 0. The number of amides is 1. The average molecular weight is 361 g/mol. The van der Waals surface area contributed by atoms with Gasteiger partial charge < -0.3 is 15.0 Å². The van der Waals surface area contributed by atoms with Crippen LogP contribution in [0.25, 0.3) is 6.08 Å². The Hall–Kier alpha value is -1.65. The number of nitrogens with one attached hydrogen (secondary N) is 1. The summed E-state index contributed by atoms with van der Waals surface area (Å²) in [5, 5.41) is 3.40. The van der Waals surface area contributed by atoms with Crippen molar-refractivity contribution in [3.8, 4) is 0 Å². The minimum atomic E-state index is -0.369. The van der Waals surface area contributed by atoms with Gasteiger partial charge in [0, 0.05) is 18.2 Å². The van der Waals surface area contributed by atoms with E-state index in [4.69, 9.17) is 4.74 Å². The summed E-state index contributed by atoms with van der Waals surface area (Å²) in [5.74, 6) is 0.00705. The fourth-order valence-electron chi connectivity index (χ4n) is 2.98. The summed E-state index contributed by atoms with van der Waals surface area (Å²) in [4.78, 5) is 14.6. The topological polar surface area (TPSA) is 41.6 Å². The standard InChI is InChI=1S/C22H36N2O2/c1-8-23-21(4,5)16-26-17-22(6,7)24(9-2)20(25)15-14-19-12-10-18(3)11-13-19/h10-15,23H,8-9,16-17H2,1-7H3/b15-14+. The van der Waals surface area contributed by atoms with E-state index < -0.39 is 0 Å². The quantitative estimate of drug-likeness (QED) is 0.640. The monoisotopic (exact) mass is 360 g/mol. The number of hydrogen-bond donors (Lipinski definition) is 1. The number of benzene rings is 1. The average Bonchev–Trinajstić information content (AvgIpc) is 2.54. The van der Waals surface area contributed by atoms with Crippen LogP contribution in [0.3, 0.4) is 0 Å². The summed E-state index contributed by atoms with van der Waals surface area (Å²) < 4.78 is 5.94. The van der Waals surface area contributed by atoms with Gasteiger partial charge in [-0.3, -0.25) is 4.79 Å². The van der Waals surface area contributed by atoms with Gasteiger partial charge in [-0.1, -0.05) is 36.8 Å². The molecule has 146 valence electrons. The van der Waals surface area contributed by atoms with Crippen LogP contribution in [0, 0.1) is 6.92 Å². The summed E-state index contributed by atoms with van der Waals surface area (Å²) in [6.45, 7) is 17.1. The first-order valence-electron chi connectivity index (χ1n) is 9.50. The van der Waals surface area contributed by atoms with Crippen LogP contribution >= 0.6 is 0 Å². The summed E-state index contributed by atoms with van der Waals surface area (Å²) in [6, 6.07) is 8.14. The van der Waals surface area contributed by atoms with Crippen LogP contribution in [0.1, 0.15) is 52.7 Å². The van der Waals surface area contributed by atoms with Gasteiger partial charge in [-0.25, -0.2) is 0 Å². The van der Waals surface area contributed by atoms with Gasteiger partial charge in [0.05, 0.1) is 18.8 Å². The van der Waals surface area contributed by atoms with Crippen molar-refractivity contribution in [3.05, 3.63) is 41.5 Å². The Morgan fingerprint density at radius 3 is 2.27 bits per heavy atom. The van der Waals surface area contributed by atoms with Gasteiger partial charge in [0.25, 0.3) is 0 Å². The molecule has 0 unspecified atom stereocenters. The van der Waals surface area contributed by atoms with Gasteiger partial charge in [0.1, 0.15) is 0 Å². The van der Waals surface area contributed by atoms with Crippen molar-refractivity contribution >= 4 is 12.0 Å². The van der Waals surface area contributed by atoms with E-state index >= 15 is 0 Å². The Labute approximate surface area is 159 Å². The molecule has 0 spiro atoms. The number of hydrogen-bond acceptors (Lipinski definition) is 3. The van der Waals surface area contributed by atoms with Crippen molar-refractivity contribution in [2.24, 2.45) is 0 Å². The van der Waals surface area contributed by atoms with Crippen LogP contribution in [0.15, 0.2) is 30.3 Å². The maximum Gasteiger partial charge on any atom is 0.247 e. The highest BCUT2D eigenvalue weighted by Crippen LogP contribution is 2.17. The number of carbonyl (C=O) groups excluding carboxylic acids is 1. The molecule has 0 saturated heterocycles. The highest BCUT2D eigenvalue weighted by atomic mass is 16.5. The van der Waals surface area contributed by atoms with Crippen LogP contribution in [-0.2, 0) is 9.53 Å². The number of nitrogens with zero attached hydrogens (tertiary/aromatic N) is 1. The third kappa shape index (κ3) is 7.30. The molecule has 0 atom stereocenters. The highest BCUT2D eigenvalue weighted by molar-refractivity contribution is 5.92. The molecule has 1 aromatic carbocycles. The zero-order chi connectivity index (χ0) is 19.8. The first-order valence-corrected chi connectivity index (χ1v) is 9.50. The largest absolute Gasteiger partial charge is 0.377 e. The highest BCUT2D eigenvalue weighted by Gasteiger charge is 2.29. The second-order valence-corrected chi connectivity index (χ2v) is 8.05. The maximum absolute atomic E-state index is 12.7. The van der Waals surface area contributed by atoms with E-state index in [2.05, 4.69) is 33.0 Å². The maximum atomic E-state index is 12.7. The third-order valence-corrected chi connectivity index (χ3v) is 4.38. The van der Waals surface area contributed by atoms with Gasteiger partial charge in [-0.05, 0) is 59.7 Å². The van der Waals surface area contributed by atoms with Crippen molar-refractivity contribution in [1.29, 1.82) is 0 Å². The Morgan fingerprint density at radius 2 is 1.73 bits per heavy atom. The summed E-state index contributed by atoms with van der Waals surface area (Å²) in [6.07, 6.45) is 3.52. The van der Waals surface area contributed by atoms with Crippen LogP contribution in [0.2, 0.25) is 0 Å². The van der Waals surface area contributed by atoms with Gasteiger partial charge in [0.2, 0.25) is 5.91 Å². The number of aryl methyl sites for hydroxylation is 1. The number of carbonyl (C=O) groups is 1. The number of rotatable bonds is 10. The fourth-order valence-corrected chi connectivity index (χ4v) is 2.98. The fraction of sp³-hybridized carbons (Fsp3) is 0.591. The van der Waals surface area contributed by atoms with E-state index in [1.165, 1.54) is 5.56 Å². The molecule has 0 radical (unpaired) electrons. The van der Waals surface area contributed by atoms with Crippen molar-refractivity contribution in [2.45, 2.75) is 59.5 Å². The van der Waals surface area contributed by atoms with Crippen molar-refractivity contribution in [3.63, 3.8) is 0 Å². The lowest BCUT2D eigenvalue weighted by molar-refractivity contribution is -0.133. The predicted molar refractivity (Wildman–Crippen MR) is 110 cm³/mol. The normalized spacial score (nSPS) is 12.6. The van der Waals surface area contributed by atoms with E-state index in [-0.39, 0.29) is 17.0 Å². The molecule has 1 amide bonds. The molecule has 0 aromatic heterocycles. The zero-order valence-corrected chi connectivity index (χ0v) is 17.6. The van der Waals surface area contributed by atoms with Gasteiger partial charge in [0.15, 0.2) is 0 Å². The van der Waals surface area contributed by atoms with E-state index in [9.17, 15) is 4.79 Å². The second kappa shape index (κ2) is 9.89. The Bertz CT molecular complexity index is 589. The lowest BCUT2D eigenvalue weighted by Gasteiger charge is -2.38. The first-order chi connectivity index (χ1) is 12.1. The zero-order valence-electron chi connectivity index (χ0n) is 17.6. The smallest absolute Gasteiger partial charge is 0.247 e. The molecule has 26 heavy (non-hydrogen) atoms. The SMILES string of the molecule is CCNC(C)(C)COCC(C)(C)N(CC)C(=O)/C=C/c1ccc(C)cc1. The molecule has 4 heteroatoms. The van der Waals surface area contributed by atoms with Gasteiger partial charge in [-0.2, -0.15) is 0 Å². The molecule has 1 aromatic rings. The summed E-state index contributed by atoms with van der Waals surface area (Å²) >= 11 is 0. The molecule has 0 fully saturated rings. The molecule has 0 aliphatic rings. The van der Waals surface area contributed by atoms with Crippen LogP contribution in [-0.4, -0.2) is 48.2 Å². The minimum Gasteiger partial charge on any atom is -0.377 e. The minimum absolute atomic E-state index is 0.00705. The van der Waals surface area contributed by atoms with Gasteiger partial charge >= 0.3 is 0 Å². The second-order valence-electron chi connectivity index (χ2n) is 8.05. The van der Waals surface area contributed by atoms with Crippen molar-refractivity contribution in [2.75, 3.05) is 26.3 Å². The number of ether oxygens (including phenoxy) is 1. The molecule has 1 rings (SSSR count). The van der Waals surface area contributed by atoms with E-state index in [1.54, 1.807) is 6.08 Å². The van der Waals surface area contributed by atoms with Gasteiger partial charge in [-0.15, -0.1) is 0 Å². The lowest BCUT2D eigenvalue weighted by Crippen LogP contribution is -2.51. The molecule has 4 nitrogen and oxygen atoms in total. The molecular weight excluding hydrogens is 324 g/mol. The molecule has 0 aliphatic heterocycles. The molecule has 0 aliphatic carbocycles. The van der Waals surface area contributed by atoms with E-state index in [1.807, 2.05) is 56.0 Å². The third-order valence-electron chi connectivity index (χ3n) is 4.38. The molecular formula is C22H36N2O2. The lowest BCUT2D eigenvalue weighted by atomic mass is 10.0. The van der Waals surface area contributed by atoms with Crippen LogP contribution in [0.4, 0.5) is 0 Å². The number of likely N-dealkylation sites (N-methyl/N-ethyl adjacent to an activating group) is 2. The van der Waals surface area contributed by atoms with Crippen LogP contribution in [0.5, 0.6) is 0 Å². The van der Waals surface area contributed by atoms with E-state index in [0.29, 0.717) is 19.8 Å². The Kier molecular flexibility index (Phi) is 8.51. The van der Waals surface area contributed by atoms with E-state index in [0.717, 1.165) is 12.1 Å². The Balaban J connectivity index is 2.68. The van der Waals surface area contributed by atoms with Crippen molar-refractivity contribution in [1.82, 2.24) is 10.2 Å². The van der Waals surface area contributed by atoms with Crippen LogP contribution < -0.4 is 5.32 Å².